The quantitative estimate of drug-likeness (QED) is 0.882. The van der Waals surface area contributed by atoms with Gasteiger partial charge in [-0.25, -0.2) is 14.6 Å². The smallest absolute Gasteiger partial charge is 0.341 e. The Morgan fingerprint density at radius 2 is 2.00 bits per heavy atom. The van der Waals surface area contributed by atoms with Crippen molar-refractivity contribution in [3.05, 3.63) is 29.6 Å². The molecule has 2 rings (SSSR count). The summed E-state index contributed by atoms with van der Waals surface area (Å²) in [6, 6.07) is 2.64. The van der Waals surface area contributed by atoms with Gasteiger partial charge in [-0.15, -0.1) is 0 Å². The van der Waals surface area contributed by atoms with Gasteiger partial charge in [-0.3, -0.25) is 0 Å². The fourth-order valence-electron chi connectivity index (χ4n) is 2.43. The van der Waals surface area contributed by atoms with Crippen molar-refractivity contribution in [2.75, 3.05) is 0 Å². The summed E-state index contributed by atoms with van der Waals surface area (Å²) in [5.41, 5.74) is 0.748. The van der Waals surface area contributed by atoms with E-state index in [1.54, 1.807) is 57.5 Å². The molecule has 0 radical (unpaired) electrons. The molecule has 0 amide bonds. The van der Waals surface area contributed by atoms with E-state index in [0.29, 0.717) is 22.3 Å². The molecule has 2 aromatic rings. The molecule has 0 aliphatic heterocycles. The molecule has 0 saturated heterocycles. The van der Waals surface area contributed by atoms with Gasteiger partial charge in [0, 0.05) is 17.3 Å². The van der Waals surface area contributed by atoms with Gasteiger partial charge in [-0.1, -0.05) is 0 Å². The van der Waals surface area contributed by atoms with E-state index in [1.807, 2.05) is 0 Å². The molecule has 2 aromatic heterocycles. The molecule has 0 aliphatic rings. The number of hydrogen-bond donors (Lipinski definition) is 1. The van der Waals surface area contributed by atoms with E-state index in [0.717, 1.165) is 0 Å². The van der Waals surface area contributed by atoms with Crippen LogP contribution in [0.3, 0.4) is 0 Å². The van der Waals surface area contributed by atoms with E-state index < -0.39 is 23.6 Å². The van der Waals surface area contributed by atoms with Crippen molar-refractivity contribution >= 4 is 23.0 Å². The van der Waals surface area contributed by atoms with Crippen LogP contribution in [0.4, 0.5) is 0 Å². The Labute approximate surface area is 128 Å². The number of hydrogen-bond acceptors (Lipinski definition) is 4. The number of esters is 1. The molecule has 0 fully saturated rings. The lowest BCUT2D eigenvalue weighted by atomic mass is 10.1. The van der Waals surface area contributed by atoms with Crippen molar-refractivity contribution in [1.82, 2.24) is 9.55 Å². The number of pyridine rings is 1. The maximum atomic E-state index is 12.5. The number of carboxylic acids is 1. The normalized spacial score (nSPS) is 13.1. The number of aromatic nitrogens is 2. The van der Waals surface area contributed by atoms with Crippen molar-refractivity contribution in [3.8, 4) is 0 Å². The molecule has 0 aliphatic carbocycles. The minimum Gasteiger partial charge on any atom is -0.480 e. The van der Waals surface area contributed by atoms with Gasteiger partial charge in [-0.05, 0) is 46.8 Å². The monoisotopic (exact) mass is 304 g/mol. The van der Waals surface area contributed by atoms with Crippen molar-refractivity contribution in [2.24, 2.45) is 0 Å². The molecule has 0 spiro atoms. The van der Waals surface area contributed by atoms with Crippen molar-refractivity contribution < 1.29 is 19.4 Å². The zero-order chi connectivity index (χ0) is 16.7. The van der Waals surface area contributed by atoms with Gasteiger partial charge in [-0.2, -0.15) is 0 Å². The molecule has 1 unspecified atom stereocenters. The Morgan fingerprint density at radius 3 is 2.55 bits per heavy atom. The van der Waals surface area contributed by atoms with Crippen molar-refractivity contribution in [1.29, 1.82) is 0 Å². The summed E-state index contributed by atoms with van der Waals surface area (Å²) in [6.07, 6.45) is 1.58. The first-order valence-electron chi connectivity index (χ1n) is 7.05. The van der Waals surface area contributed by atoms with Gasteiger partial charge in [0.1, 0.15) is 17.3 Å². The number of rotatable bonds is 3. The molecule has 22 heavy (non-hydrogen) atoms. The zero-order valence-corrected chi connectivity index (χ0v) is 13.4. The number of fused-ring (bicyclic) bond motifs is 1. The van der Waals surface area contributed by atoms with Gasteiger partial charge < -0.3 is 14.4 Å². The fraction of sp³-hybridized carbons (Fsp3) is 0.438. The molecule has 0 aromatic carbocycles. The third-order valence-corrected chi connectivity index (χ3v) is 3.36. The van der Waals surface area contributed by atoms with E-state index in [4.69, 9.17) is 4.74 Å². The Hall–Kier alpha value is -2.37. The summed E-state index contributed by atoms with van der Waals surface area (Å²) in [6.45, 7) is 8.63. The van der Waals surface area contributed by atoms with Crippen LogP contribution in [0.1, 0.15) is 49.8 Å². The molecule has 0 saturated carbocycles. The Morgan fingerprint density at radius 1 is 1.36 bits per heavy atom. The van der Waals surface area contributed by atoms with Gasteiger partial charge in [0.15, 0.2) is 0 Å². The SMILES string of the molecule is Cc1c(C(=O)OC(C)(C)C)c2cccnc2n1C(C)C(=O)O. The molecule has 0 bridgehead atoms. The number of carbonyl (C=O) groups is 2. The number of carboxylic acid groups (broad SMARTS) is 1. The molecule has 1 N–H and O–H groups in total. The highest BCUT2D eigenvalue weighted by Gasteiger charge is 2.28. The highest BCUT2D eigenvalue weighted by atomic mass is 16.6. The minimum atomic E-state index is -0.985. The minimum absolute atomic E-state index is 0.367. The van der Waals surface area contributed by atoms with Crippen LogP contribution in [0.5, 0.6) is 0 Å². The second kappa shape index (κ2) is 5.44. The van der Waals surface area contributed by atoms with Gasteiger partial charge in [0.25, 0.3) is 0 Å². The van der Waals surface area contributed by atoms with Gasteiger partial charge in [0.2, 0.25) is 0 Å². The first-order chi connectivity index (χ1) is 10.1. The van der Waals surface area contributed by atoms with Crippen LogP contribution >= 0.6 is 0 Å². The van der Waals surface area contributed by atoms with Crippen LogP contribution in [-0.2, 0) is 9.53 Å². The van der Waals surface area contributed by atoms with Crippen LogP contribution in [0.2, 0.25) is 0 Å². The molecular weight excluding hydrogens is 284 g/mol. The van der Waals surface area contributed by atoms with Crippen LogP contribution < -0.4 is 0 Å². The number of nitrogens with zero attached hydrogens (tertiary/aromatic N) is 2. The molecule has 1 atom stereocenters. The highest BCUT2D eigenvalue weighted by Crippen LogP contribution is 2.29. The largest absolute Gasteiger partial charge is 0.480 e. The number of ether oxygens (including phenoxy) is 1. The van der Waals surface area contributed by atoms with E-state index in [2.05, 4.69) is 4.98 Å². The second-order valence-electron chi connectivity index (χ2n) is 6.22. The predicted molar refractivity (Wildman–Crippen MR) is 82.0 cm³/mol. The van der Waals surface area contributed by atoms with Crippen molar-refractivity contribution in [2.45, 2.75) is 46.3 Å². The summed E-state index contributed by atoms with van der Waals surface area (Å²) in [7, 11) is 0. The molecule has 2 heterocycles. The molecule has 118 valence electrons. The van der Waals surface area contributed by atoms with E-state index in [-0.39, 0.29) is 0 Å². The molecule has 6 heteroatoms. The summed E-state index contributed by atoms with van der Waals surface area (Å²) in [5, 5.41) is 9.89. The van der Waals surface area contributed by atoms with Crippen LogP contribution in [-0.4, -0.2) is 32.2 Å². The third-order valence-electron chi connectivity index (χ3n) is 3.36. The Kier molecular flexibility index (Phi) is 3.96. The average molecular weight is 304 g/mol. The fourth-order valence-corrected chi connectivity index (χ4v) is 2.43. The zero-order valence-electron chi connectivity index (χ0n) is 13.4. The molecular formula is C16H20N2O4. The second-order valence-corrected chi connectivity index (χ2v) is 6.22. The Balaban J connectivity index is 2.68. The van der Waals surface area contributed by atoms with E-state index in [1.165, 1.54) is 0 Å². The lowest BCUT2D eigenvalue weighted by molar-refractivity contribution is -0.140. The van der Waals surface area contributed by atoms with Crippen LogP contribution in [0.25, 0.3) is 11.0 Å². The maximum absolute atomic E-state index is 12.5. The van der Waals surface area contributed by atoms with E-state index >= 15 is 0 Å². The predicted octanol–water partition coefficient (Wildman–Crippen LogP) is 2.95. The summed E-state index contributed by atoms with van der Waals surface area (Å²) in [5.74, 6) is -1.46. The topological polar surface area (TPSA) is 81.4 Å². The first-order valence-corrected chi connectivity index (χ1v) is 7.05. The summed E-state index contributed by atoms with van der Waals surface area (Å²) < 4.78 is 6.99. The first kappa shape index (κ1) is 16.0. The van der Waals surface area contributed by atoms with Gasteiger partial charge in [0.05, 0.1) is 5.56 Å². The van der Waals surface area contributed by atoms with Crippen LogP contribution in [0, 0.1) is 6.92 Å². The third kappa shape index (κ3) is 2.81. The summed E-state index contributed by atoms with van der Waals surface area (Å²) >= 11 is 0. The van der Waals surface area contributed by atoms with E-state index in [9.17, 15) is 14.7 Å². The lowest BCUT2D eigenvalue weighted by Crippen LogP contribution is -2.24. The lowest BCUT2D eigenvalue weighted by Gasteiger charge is -2.19. The maximum Gasteiger partial charge on any atom is 0.341 e. The highest BCUT2D eigenvalue weighted by molar-refractivity contribution is 6.05. The van der Waals surface area contributed by atoms with Crippen LogP contribution in [0.15, 0.2) is 18.3 Å². The summed E-state index contributed by atoms with van der Waals surface area (Å²) in [4.78, 5) is 28.1. The standard InChI is InChI=1S/C16H20N2O4/c1-9-12(15(21)22-16(3,4)5)11-7-6-8-17-13(11)18(9)10(2)14(19)20/h6-8,10H,1-5H3,(H,19,20). The molecule has 6 nitrogen and oxygen atoms in total. The van der Waals surface area contributed by atoms with Crippen molar-refractivity contribution in [3.63, 3.8) is 0 Å². The number of carbonyl (C=O) groups excluding carboxylic acids is 1. The Bertz CT molecular complexity index is 740. The van der Waals surface area contributed by atoms with Gasteiger partial charge >= 0.3 is 11.9 Å². The average Bonchev–Trinajstić information content (AvgIpc) is 2.67. The number of aliphatic carboxylic acids is 1.